The van der Waals surface area contributed by atoms with E-state index in [-0.39, 0.29) is 10.8 Å². The van der Waals surface area contributed by atoms with Crippen molar-refractivity contribution in [1.82, 2.24) is 5.32 Å². The molecule has 0 atom stereocenters. The van der Waals surface area contributed by atoms with Crippen LogP contribution in [-0.2, 0) is 14.8 Å². The lowest BCUT2D eigenvalue weighted by atomic mass is 10.1. The number of amides is 2. The predicted molar refractivity (Wildman–Crippen MR) is 112 cm³/mol. The molecule has 2 amide bonds. The highest BCUT2D eigenvalue weighted by atomic mass is 32.2. The average molecular weight is 409 g/mol. The lowest BCUT2D eigenvalue weighted by molar-refractivity contribution is -0.114. The highest BCUT2D eigenvalue weighted by molar-refractivity contribution is 7.93. The van der Waals surface area contributed by atoms with Crippen LogP contribution in [0.4, 0.5) is 11.4 Å². The summed E-state index contributed by atoms with van der Waals surface area (Å²) in [5.74, 6) is -0.862. The van der Waals surface area contributed by atoms with Gasteiger partial charge in [-0.3, -0.25) is 13.9 Å². The number of benzene rings is 3. The Labute approximate surface area is 168 Å². The van der Waals surface area contributed by atoms with Crippen LogP contribution in [0.1, 0.15) is 15.9 Å². The van der Waals surface area contributed by atoms with E-state index < -0.39 is 22.5 Å². The Morgan fingerprint density at radius 1 is 1.00 bits per heavy atom. The summed E-state index contributed by atoms with van der Waals surface area (Å²) in [4.78, 5) is 25.1. The van der Waals surface area contributed by atoms with Gasteiger partial charge < -0.3 is 10.6 Å². The van der Waals surface area contributed by atoms with E-state index in [1.54, 1.807) is 49.4 Å². The van der Waals surface area contributed by atoms with Crippen molar-refractivity contribution in [2.75, 3.05) is 23.2 Å². The van der Waals surface area contributed by atoms with Gasteiger partial charge in [-0.05, 0) is 36.1 Å². The topological polar surface area (TPSA) is 95.6 Å². The molecule has 0 saturated carbocycles. The number of nitrogens with one attached hydrogen (secondary N) is 2. The van der Waals surface area contributed by atoms with E-state index in [0.29, 0.717) is 27.9 Å². The molecule has 4 rings (SSSR count). The third-order valence-electron chi connectivity index (χ3n) is 4.97. The molecule has 8 heteroatoms. The molecular weight excluding hydrogens is 390 g/mol. The smallest absolute Gasteiger partial charge is 0.265 e. The summed E-state index contributed by atoms with van der Waals surface area (Å²) in [7, 11) is -2.32. The second-order valence-electron chi connectivity index (χ2n) is 6.77. The molecular formula is C21H19N3O4S. The fourth-order valence-corrected chi connectivity index (χ4v) is 5.31. The first-order valence-corrected chi connectivity index (χ1v) is 10.4. The molecule has 0 aliphatic carbocycles. The van der Waals surface area contributed by atoms with E-state index in [0.717, 1.165) is 9.69 Å². The Balaban J connectivity index is 1.67. The van der Waals surface area contributed by atoms with Crippen LogP contribution < -0.4 is 14.9 Å². The van der Waals surface area contributed by atoms with Crippen molar-refractivity contribution >= 4 is 44.0 Å². The van der Waals surface area contributed by atoms with Crippen molar-refractivity contribution in [2.24, 2.45) is 0 Å². The Morgan fingerprint density at radius 2 is 1.69 bits per heavy atom. The molecule has 1 heterocycles. The molecule has 2 N–H and O–H groups in total. The summed E-state index contributed by atoms with van der Waals surface area (Å²) < 4.78 is 27.1. The molecule has 0 fully saturated rings. The monoisotopic (exact) mass is 409 g/mol. The first kappa shape index (κ1) is 18.9. The summed E-state index contributed by atoms with van der Waals surface area (Å²) in [6.07, 6.45) is 0. The molecule has 0 radical (unpaired) electrons. The molecule has 0 spiro atoms. The average Bonchev–Trinajstić information content (AvgIpc) is 2.91. The van der Waals surface area contributed by atoms with Crippen molar-refractivity contribution in [2.45, 2.75) is 11.8 Å². The third-order valence-corrected chi connectivity index (χ3v) is 6.77. The predicted octanol–water partition coefficient (Wildman–Crippen LogP) is 2.66. The van der Waals surface area contributed by atoms with Gasteiger partial charge in [0.15, 0.2) is 0 Å². The number of carbonyl (C=O) groups is 2. The van der Waals surface area contributed by atoms with E-state index in [2.05, 4.69) is 10.6 Å². The standard InChI is InChI=1S/C21H19N3O4S/c1-13-6-3-9-15(19(13)21(26)22-2)23-18(25)12-24-16-10-4-7-14-8-5-11-17(20(14)16)29(24,27)28/h3-11H,12H2,1-2H3,(H,22,26)(H,23,25). The van der Waals surface area contributed by atoms with Crippen molar-refractivity contribution in [1.29, 1.82) is 0 Å². The SMILES string of the molecule is CNC(=O)c1c(C)cccc1NC(=O)CN1c2cccc3cccc(c23)S1(=O)=O. The van der Waals surface area contributed by atoms with E-state index in [1.807, 2.05) is 12.1 Å². The fraction of sp³-hybridized carbons (Fsp3) is 0.143. The van der Waals surface area contributed by atoms with Crippen molar-refractivity contribution in [3.05, 3.63) is 65.7 Å². The molecule has 148 valence electrons. The fourth-order valence-electron chi connectivity index (χ4n) is 3.65. The number of hydrogen-bond acceptors (Lipinski definition) is 4. The number of carbonyl (C=O) groups excluding carboxylic acids is 2. The number of sulfonamides is 1. The zero-order chi connectivity index (χ0) is 20.8. The minimum Gasteiger partial charge on any atom is -0.355 e. The number of nitrogens with zero attached hydrogens (tertiary/aromatic N) is 1. The van der Waals surface area contributed by atoms with Gasteiger partial charge in [-0.1, -0.05) is 36.4 Å². The molecule has 7 nitrogen and oxygen atoms in total. The van der Waals surface area contributed by atoms with Gasteiger partial charge in [0, 0.05) is 12.4 Å². The number of rotatable bonds is 4. The summed E-state index contributed by atoms with van der Waals surface area (Å²) in [6, 6.07) is 15.5. The quantitative estimate of drug-likeness (QED) is 0.693. The molecule has 0 bridgehead atoms. The highest BCUT2D eigenvalue weighted by Gasteiger charge is 2.36. The van der Waals surface area contributed by atoms with Crippen molar-refractivity contribution in [3.63, 3.8) is 0 Å². The van der Waals surface area contributed by atoms with Crippen LogP contribution >= 0.6 is 0 Å². The van der Waals surface area contributed by atoms with E-state index in [9.17, 15) is 18.0 Å². The molecule has 0 unspecified atom stereocenters. The van der Waals surface area contributed by atoms with Gasteiger partial charge in [0.1, 0.15) is 6.54 Å². The lowest BCUT2D eigenvalue weighted by Gasteiger charge is -2.19. The normalized spacial score (nSPS) is 14.1. The van der Waals surface area contributed by atoms with E-state index in [1.165, 1.54) is 7.05 Å². The van der Waals surface area contributed by atoms with Crippen LogP contribution in [0.5, 0.6) is 0 Å². The van der Waals surface area contributed by atoms with E-state index in [4.69, 9.17) is 0 Å². The van der Waals surface area contributed by atoms with Gasteiger partial charge in [-0.25, -0.2) is 8.42 Å². The third kappa shape index (κ3) is 3.01. The Hall–Kier alpha value is -3.39. The van der Waals surface area contributed by atoms with Crippen molar-refractivity contribution < 1.29 is 18.0 Å². The summed E-state index contributed by atoms with van der Waals surface area (Å²) in [5, 5.41) is 6.65. The maximum absolute atomic E-state index is 13.0. The molecule has 3 aromatic rings. The van der Waals surface area contributed by atoms with Crippen molar-refractivity contribution in [3.8, 4) is 0 Å². The summed E-state index contributed by atoms with van der Waals surface area (Å²) in [6.45, 7) is 1.37. The largest absolute Gasteiger partial charge is 0.355 e. The molecule has 1 aliphatic heterocycles. The van der Waals surface area contributed by atoms with Crippen LogP contribution in [0.3, 0.4) is 0 Å². The van der Waals surface area contributed by atoms with Crippen LogP contribution in [0.25, 0.3) is 10.8 Å². The van der Waals surface area contributed by atoms with Crippen LogP contribution in [-0.4, -0.2) is 33.8 Å². The zero-order valence-corrected chi connectivity index (χ0v) is 16.7. The van der Waals surface area contributed by atoms with Gasteiger partial charge in [-0.2, -0.15) is 0 Å². The Morgan fingerprint density at radius 3 is 2.41 bits per heavy atom. The van der Waals surface area contributed by atoms with Gasteiger partial charge in [0.2, 0.25) is 5.91 Å². The first-order valence-electron chi connectivity index (χ1n) is 9.00. The Bertz CT molecular complexity index is 1260. The zero-order valence-electron chi connectivity index (χ0n) is 15.9. The first-order chi connectivity index (χ1) is 13.8. The molecule has 3 aromatic carbocycles. The van der Waals surface area contributed by atoms with Crippen LogP contribution in [0.2, 0.25) is 0 Å². The summed E-state index contributed by atoms with van der Waals surface area (Å²) >= 11 is 0. The number of aryl methyl sites for hydroxylation is 1. The molecule has 29 heavy (non-hydrogen) atoms. The minimum atomic E-state index is -3.83. The van der Waals surface area contributed by atoms with Crippen LogP contribution in [0.15, 0.2) is 59.5 Å². The highest BCUT2D eigenvalue weighted by Crippen LogP contribution is 2.41. The van der Waals surface area contributed by atoms with Gasteiger partial charge in [-0.15, -0.1) is 0 Å². The molecule has 1 aliphatic rings. The Kier molecular flexibility index (Phi) is 4.50. The number of hydrogen-bond donors (Lipinski definition) is 2. The number of anilines is 2. The maximum Gasteiger partial charge on any atom is 0.265 e. The van der Waals surface area contributed by atoms with Gasteiger partial charge in [0.05, 0.1) is 21.8 Å². The molecule has 0 aromatic heterocycles. The maximum atomic E-state index is 13.0. The van der Waals surface area contributed by atoms with E-state index >= 15 is 0 Å². The van der Waals surface area contributed by atoms with Crippen LogP contribution in [0, 0.1) is 6.92 Å². The van der Waals surface area contributed by atoms with Gasteiger partial charge >= 0.3 is 0 Å². The summed E-state index contributed by atoms with van der Waals surface area (Å²) in [5.41, 5.74) is 1.86. The molecule has 0 saturated heterocycles. The second kappa shape index (κ2) is 6.89. The van der Waals surface area contributed by atoms with Gasteiger partial charge in [0.25, 0.3) is 15.9 Å². The minimum absolute atomic E-state index is 0.194. The lowest BCUT2D eigenvalue weighted by Crippen LogP contribution is -2.36. The second-order valence-corrected chi connectivity index (χ2v) is 8.60.